The van der Waals surface area contributed by atoms with Crippen LogP contribution in [0.4, 0.5) is 0 Å². The van der Waals surface area contributed by atoms with Gasteiger partial charge in [-0.15, -0.1) is 0 Å². The third-order valence-corrected chi connectivity index (χ3v) is 4.44. The Kier molecular flexibility index (Phi) is 4.04. The summed E-state index contributed by atoms with van der Waals surface area (Å²) >= 11 is 0. The van der Waals surface area contributed by atoms with E-state index in [-0.39, 0.29) is 0 Å². The standard InChI is InChI=1S/C13H26N2/c1-3-15(10-11-5-4-6-11)13-8-7-12(13)9-14-2/h11-14H,3-10H2,1-2H3. The molecular formula is C13H26N2. The Hall–Kier alpha value is -0.0800. The molecule has 0 saturated heterocycles. The van der Waals surface area contributed by atoms with Crippen LogP contribution in [0.1, 0.15) is 39.0 Å². The van der Waals surface area contributed by atoms with Gasteiger partial charge >= 0.3 is 0 Å². The molecule has 0 aromatic carbocycles. The first-order chi connectivity index (χ1) is 7.35. The second-order valence-electron chi connectivity index (χ2n) is 5.35. The third kappa shape index (κ3) is 2.54. The van der Waals surface area contributed by atoms with Crippen LogP contribution in [0.25, 0.3) is 0 Å². The maximum Gasteiger partial charge on any atom is 0.0136 e. The van der Waals surface area contributed by atoms with E-state index < -0.39 is 0 Å². The molecule has 2 aliphatic rings. The quantitative estimate of drug-likeness (QED) is 0.722. The Morgan fingerprint density at radius 2 is 2.00 bits per heavy atom. The Morgan fingerprint density at radius 1 is 1.20 bits per heavy atom. The molecule has 0 aliphatic heterocycles. The zero-order chi connectivity index (χ0) is 10.7. The van der Waals surface area contributed by atoms with E-state index in [0.29, 0.717) is 0 Å². The summed E-state index contributed by atoms with van der Waals surface area (Å²) in [6.07, 6.45) is 7.33. The zero-order valence-electron chi connectivity index (χ0n) is 10.3. The van der Waals surface area contributed by atoms with Crippen molar-refractivity contribution < 1.29 is 0 Å². The Labute approximate surface area is 94.4 Å². The number of hydrogen-bond donors (Lipinski definition) is 1. The molecule has 2 heteroatoms. The SMILES string of the molecule is CCN(CC1CCC1)C1CCC1CNC. The number of nitrogens with zero attached hydrogens (tertiary/aromatic N) is 1. The molecule has 0 bridgehead atoms. The Bertz CT molecular complexity index is 189. The van der Waals surface area contributed by atoms with Gasteiger partial charge in [0.25, 0.3) is 0 Å². The molecule has 2 aliphatic carbocycles. The van der Waals surface area contributed by atoms with Gasteiger partial charge in [-0.3, -0.25) is 0 Å². The smallest absolute Gasteiger partial charge is 0.0136 e. The second-order valence-corrected chi connectivity index (χ2v) is 5.35. The summed E-state index contributed by atoms with van der Waals surface area (Å²) in [7, 11) is 2.08. The van der Waals surface area contributed by atoms with E-state index in [9.17, 15) is 0 Å². The number of nitrogens with one attached hydrogen (secondary N) is 1. The van der Waals surface area contributed by atoms with Gasteiger partial charge in [0.1, 0.15) is 0 Å². The average molecular weight is 210 g/mol. The van der Waals surface area contributed by atoms with Gasteiger partial charge in [0.15, 0.2) is 0 Å². The van der Waals surface area contributed by atoms with Crippen molar-refractivity contribution in [3.8, 4) is 0 Å². The number of rotatable bonds is 6. The maximum absolute atomic E-state index is 3.33. The van der Waals surface area contributed by atoms with Crippen LogP contribution in [0.5, 0.6) is 0 Å². The molecule has 0 aromatic heterocycles. The fraction of sp³-hybridized carbons (Fsp3) is 1.00. The topological polar surface area (TPSA) is 15.3 Å². The number of hydrogen-bond acceptors (Lipinski definition) is 2. The van der Waals surface area contributed by atoms with Crippen LogP contribution in [0.2, 0.25) is 0 Å². The summed E-state index contributed by atoms with van der Waals surface area (Å²) in [5.41, 5.74) is 0. The largest absolute Gasteiger partial charge is 0.319 e. The monoisotopic (exact) mass is 210 g/mol. The highest BCUT2D eigenvalue weighted by Gasteiger charge is 2.35. The van der Waals surface area contributed by atoms with E-state index >= 15 is 0 Å². The van der Waals surface area contributed by atoms with E-state index in [1.807, 2.05) is 0 Å². The van der Waals surface area contributed by atoms with Crippen molar-refractivity contribution in [1.82, 2.24) is 10.2 Å². The van der Waals surface area contributed by atoms with Crippen LogP contribution in [0, 0.1) is 11.8 Å². The molecule has 1 N–H and O–H groups in total. The van der Waals surface area contributed by atoms with Crippen LogP contribution >= 0.6 is 0 Å². The van der Waals surface area contributed by atoms with Crippen molar-refractivity contribution in [3.05, 3.63) is 0 Å². The molecule has 0 spiro atoms. The van der Waals surface area contributed by atoms with Gasteiger partial charge in [0, 0.05) is 12.6 Å². The lowest BCUT2D eigenvalue weighted by atomic mass is 9.77. The van der Waals surface area contributed by atoms with Crippen LogP contribution in [-0.4, -0.2) is 37.6 Å². The minimum Gasteiger partial charge on any atom is -0.319 e. The van der Waals surface area contributed by atoms with Gasteiger partial charge in [-0.1, -0.05) is 13.3 Å². The highest BCUT2D eigenvalue weighted by Crippen LogP contribution is 2.34. The highest BCUT2D eigenvalue weighted by molar-refractivity contribution is 4.90. The van der Waals surface area contributed by atoms with Crippen LogP contribution in [-0.2, 0) is 0 Å². The van der Waals surface area contributed by atoms with Gasteiger partial charge < -0.3 is 10.2 Å². The van der Waals surface area contributed by atoms with Crippen LogP contribution in [0.15, 0.2) is 0 Å². The lowest BCUT2D eigenvalue weighted by Gasteiger charge is -2.46. The molecular weight excluding hydrogens is 184 g/mol. The van der Waals surface area contributed by atoms with Gasteiger partial charge in [-0.25, -0.2) is 0 Å². The fourth-order valence-electron chi connectivity index (χ4n) is 3.04. The molecule has 0 radical (unpaired) electrons. The first kappa shape index (κ1) is 11.4. The Morgan fingerprint density at radius 3 is 2.40 bits per heavy atom. The second kappa shape index (κ2) is 5.31. The summed E-state index contributed by atoms with van der Waals surface area (Å²) in [4.78, 5) is 2.75. The van der Waals surface area contributed by atoms with Crippen molar-refractivity contribution in [2.24, 2.45) is 11.8 Å². The van der Waals surface area contributed by atoms with Gasteiger partial charge in [-0.05, 0) is 57.7 Å². The molecule has 2 atom stereocenters. The van der Waals surface area contributed by atoms with Crippen molar-refractivity contribution in [1.29, 1.82) is 0 Å². The van der Waals surface area contributed by atoms with Crippen molar-refractivity contribution >= 4 is 0 Å². The van der Waals surface area contributed by atoms with Crippen molar-refractivity contribution in [2.75, 3.05) is 26.7 Å². The lowest BCUT2D eigenvalue weighted by molar-refractivity contribution is 0.0422. The summed E-state index contributed by atoms with van der Waals surface area (Å²) in [6.45, 7) is 6.17. The molecule has 0 amide bonds. The van der Waals surface area contributed by atoms with Crippen LogP contribution < -0.4 is 5.32 Å². The molecule has 0 aromatic rings. The van der Waals surface area contributed by atoms with E-state index in [1.165, 1.54) is 51.7 Å². The molecule has 2 unspecified atom stereocenters. The summed E-state index contributed by atoms with van der Waals surface area (Å²) in [5.74, 6) is 1.95. The Balaban J connectivity index is 1.77. The van der Waals surface area contributed by atoms with Gasteiger partial charge in [-0.2, -0.15) is 0 Å². The molecule has 2 rings (SSSR count). The minimum atomic E-state index is 0.892. The van der Waals surface area contributed by atoms with E-state index in [1.54, 1.807) is 0 Å². The third-order valence-electron chi connectivity index (χ3n) is 4.44. The maximum atomic E-state index is 3.33. The predicted octanol–water partition coefficient (Wildman–Crippen LogP) is 2.11. The fourth-order valence-corrected chi connectivity index (χ4v) is 3.04. The molecule has 15 heavy (non-hydrogen) atoms. The molecule has 88 valence electrons. The lowest BCUT2D eigenvalue weighted by Crippen LogP contribution is -2.51. The molecule has 2 saturated carbocycles. The zero-order valence-corrected chi connectivity index (χ0v) is 10.3. The summed E-state index contributed by atoms with van der Waals surface area (Å²) in [6, 6.07) is 0.892. The molecule has 0 heterocycles. The average Bonchev–Trinajstić information content (AvgIpc) is 2.15. The first-order valence-corrected chi connectivity index (χ1v) is 6.73. The van der Waals surface area contributed by atoms with Crippen molar-refractivity contribution in [3.63, 3.8) is 0 Å². The molecule has 2 nitrogen and oxygen atoms in total. The predicted molar refractivity (Wildman–Crippen MR) is 65.0 cm³/mol. The minimum absolute atomic E-state index is 0.892. The van der Waals surface area contributed by atoms with Gasteiger partial charge in [0.2, 0.25) is 0 Å². The highest BCUT2D eigenvalue weighted by atomic mass is 15.2. The summed E-state index contributed by atoms with van der Waals surface area (Å²) < 4.78 is 0. The van der Waals surface area contributed by atoms with Crippen molar-refractivity contribution in [2.45, 2.75) is 45.1 Å². The van der Waals surface area contributed by atoms with E-state index in [0.717, 1.165) is 17.9 Å². The van der Waals surface area contributed by atoms with E-state index in [2.05, 4.69) is 24.2 Å². The van der Waals surface area contributed by atoms with Gasteiger partial charge in [0.05, 0.1) is 0 Å². The normalized spacial score (nSPS) is 31.4. The van der Waals surface area contributed by atoms with E-state index in [4.69, 9.17) is 0 Å². The summed E-state index contributed by atoms with van der Waals surface area (Å²) in [5, 5.41) is 3.33. The first-order valence-electron chi connectivity index (χ1n) is 6.73. The van der Waals surface area contributed by atoms with Crippen LogP contribution in [0.3, 0.4) is 0 Å². The molecule has 2 fully saturated rings.